The average Bonchev–Trinajstić information content (AvgIpc) is 3.11. The molecule has 1 N–H and O–H groups in total. The van der Waals surface area contributed by atoms with Gasteiger partial charge in [-0.15, -0.1) is 0 Å². The first-order valence-corrected chi connectivity index (χ1v) is 9.16. The van der Waals surface area contributed by atoms with Gasteiger partial charge in [-0.05, 0) is 44.2 Å². The Labute approximate surface area is 156 Å². The number of nitrogens with zero attached hydrogens (tertiary/aromatic N) is 4. The van der Waals surface area contributed by atoms with Crippen molar-refractivity contribution in [3.63, 3.8) is 0 Å². The molecule has 0 unspecified atom stereocenters. The van der Waals surface area contributed by atoms with E-state index in [1.165, 1.54) is 36.3 Å². The van der Waals surface area contributed by atoms with E-state index in [-0.39, 0.29) is 18.0 Å². The number of aromatic nitrogens is 3. The normalized spacial score (nSPS) is 14.0. The minimum Gasteiger partial charge on any atom is -0.335 e. The molecular formula is C20H22FN5O. The number of nitrogens with one attached hydrogen (secondary N) is 1. The number of hydrazone groups is 1. The highest BCUT2D eigenvalue weighted by molar-refractivity contribution is 5.88. The molecule has 4 rings (SSSR count). The van der Waals surface area contributed by atoms with Crippen molar-refractivity contribution < 1.29 is 9.18 Å². The summed E-state index contributed by atoms with van der Waals surface area (Å²) in [6.07, 6.45) is 5.68. The highest BCUT2D eigenvalue weighted by Gasteiger charge is 2.20. The molecule has 6 nitrogen and oxygen atoms in total. The van der Waals surface area contributed by atoms with E-state index < -0.39 is 5.95 Å². The number of hydrogen-bond donors (Lipinski definition) is 1. The third-order valence-electron chi connectivity index (χ3n) is 5.17. The smallest absolute Gasteiger partial charge is 0.259 e. The lowest BCUT2D eigenvalue weighted by Gasteiger charge is -2.15. The van der Waals surface area contributed by atoms with Gasteiger partial charge in [-0.1, -0.05) is 18.2 Å². The Balaban J connectivity index is 1.54. The molecule has 0 fully saturated rings. The van der Waals surface area contributed by atoms with E-state index in [0.717, 1.165) is 29.5 Å². The molecule has 0 atom stereocenters. The quantitative estimate of drug-likeness (QED) is 0.569. The molecular weight excluding hydrogens is 345 g/mol. The van der Waals surface area contributed by atoms with Gasteiger partial charge < -0.3 is 4.57 Å². The van der Waals surface area contributed by atoms with Crippen LogP contribution in [0.15, 0.2) is 29.4 Å². The van der Waals surface area contributed by atoms with E-state index in [1.807, 2.05) is 12.1 Å². The number of amides is 1. The monoisotopic (exact) mass is 367 g/mol. The van der Waals surface area contributed by atoms with Crippen molar-refractivity contribution in [1.82, 2.24) is 19.8 Å². The summed E-state index contributed by atoms with van der Waals surface area (Å²) in [4.78, 5) is 12.4. The Morgan fingerprint density at radius 3 is 2.89 bits per heavy atom. The Kier molecular flexibility index (Phi) is 4.51. The number of aryl methyl sites for hydroxylation is 3. The topological polar surface area (TPSA) is 64.2 Å². The summed E-state index contributed by atoms with van der Waals surface area (Å²) >= 11 is 0. The molecule has 1 aromatic carbocycles. The lowest BCUT2D eigenvalue weighted by molar-refractivity contribution is -0.121. The van der Waals surface area contributed by atoms with E-state index in [9.17, 15) is 9.18 Å². The van der Waals surface area contributed by atoms with Crippen LogP contribution in [-0.2, 0) is 31.2 Å². The van der Waals surface area contributed by atoms with E-state index in [1.54, 1.807) is 6.92 Å². The number of carbonyl (C=O) groups excluding carboxylic acids is 1. The predicted molar refractivity (Wildman–Crippen MR) is 102 cm³/mol. The summed E-state index contributed by atoms with van der Waals surface area (Å²) in [7, 11) is 1.53. The lowest BCUT2D eigenvalue weighted by Crippen LogP contribution is -2.24. The zero-order chi connectivity index (χ0) is 19.0. The molecule has 0 saturated carbocycles. The van der Waals surface area contributed by atoms with Crippen molar-refractivity contribution in [3.05, 3.63) is 52.7 Å². The molecule has 2 heterocycles. The molecule has 0 radical (unpaired) electrons. The first-order valence-electron chi connectivity index (χ1n) is 9.16. The largest absolute Gasteiger partial charge is 0.335 e. The number of hydrogen-bond acceptors (Lipinski definition) is 3. The van der Waals surface area contributed by atoms with Crippen LogP contribution in [0.3, 0.4) is 0 Å². The van der Waals surface area contributed by atoms with E-state index in [2.05, 4.69) is 32.3 Å². The minimum absolute atomic E-state index is 0.196. The van der Waals surface area contributed by atoms with Crippen molar-refractivity contribution in [1.29, 1.82) is 0 Å². The van der Waals surface area contributed by atoms with Gasteiger partial charge in [-0.25, -0.2) is 10.1 Å². The van der Waals surface area contributed by atoms with Crippen LogP contribution in [-0.4, -0.2) is 26.5 Å². The number of benzene rings is 1. The van der Waals surface area contributed by atoms with Crippen LogP contribution in [0.25, 0.3) is 10.9 Å². The molecule has 7 heteroatoms. The van der Waals surface area contributed by atoms with Gasteiger partial charge in [0.1, 0.15) is 6.54 Å². The van der Waals surface area contributed by atoms with Gasteiger partial charge in [0.05, 0.1) is 17.5 Å². The zero-order valence-corrected chi connectivity index (χ0v) is 15.5. The fourth-order valence-electron chi connectivity index (χ4n) is 3.91. The van der Waals surface area contributed by atoms with Crippen molar-refractivity contribution >= 4 is 23.0 Å². The van der Waals surface area contributed by atoms with Gasteiger partial charge in [0, 0.05) is 23.6 Å². The van der Waals surface area contributed by atoms with Crippen molar-refractivity contribution in [2.75, 3.05) is 0 Å². The van der Waals surface area contributed by atoms with Crippen LogP contribution in [0, 0.1) is 12.9 Å². The maximum absolute atomic E-state index is 13.9. The lowest BCUT2D eigenvalue weighted by atomic mass is 9.96. The van der Waals surface area contributed by atoms with Crippen molar-refractivity contribution in [3.8, 4) is 0 Å². The van der Waals surface area contributed by atoms with Gasteiger partial charge in [0.2, 0.25) is 5.95 Å². The number of halogens is 1. The molecule has 0 bridgehead atoms. The Morgan fingerprint density at radius 1 is 1.33 bits per heavy atom. The standard InChI is InChI=1S/C20H22FN5O/c1-13-16(20(21)25(2)24-13)11-22-23-19(27)12-26-17-9-5-3-7-14(17)15-8-4-6-10-18(15)26/h3,5,7,9,11H,4,6,8,10,12H2,1-2H3,(H,23,27)/b22-11-. The summed E-state index contributed by atoms with van der Waals surface area (Å²) in [6, 6.07) is 8.21. The number of carbonyl (C=O) groups is 1. The second kappa shape index (κ2) is 6.98. The van der Waals surface area contributed by atoms with E-state index in [0.29, 0.717) is 5.69 Å². The summed E-state index contributed by atoms with van der Waals surface area (Å²) in [5, 5.41) is 9.14. The maximum atomic E-state index is 13.9. The van der Waals surface area contributed by atoms with E-state index >= 15 is 0 Å². The molecule has 3 aromatic rings. The summed E-state index contributed by atoms with van der Waals surface area (Å²) in [5.74, 6) is -0.710. The second-order valence-electron chi connectivity index (χ2n) is 6.94. The molecule has 27 heavy (non-hydrogen) atoms. The van der Waals surface area contributed by atoms with Gasteiger partial charge in [-0.2, -0.15) is 14.6 Å². The maximum Gasteiger partial charge on any atom is 0.259 e. The van der Waals surface area contributed by atoms with Gasteiger partial charge >= 0.3 is 0 Å². The van der Waals surface area contributed by atoms with Gasteiger partial charge in [0.15, 0.2) is 0 Å². The molecule has 1 aliphatic rings. The first kappa shape index (κ1) is 17.5. The average molecular weight is 367 g/mol. The first-order chi connectivity index (χ1) is 13.1. The summed E-state index contributed by atoms with van der Waals surface area (Å²) in [6.45, 7) is 1.90. The zero-order valence-electron chi connectivity index (χ0n) is 15.5. The minimum atomic E-state index is -0.476. The number of fused-ring (bicyclic) bond motifs is 3. The van der Waals surface area contributed by atoms with E-state index in [4.69, 9.17) is 0 Å². The SMILES string of the molecule is Cc1nn(C)c(F)c1/C=N\NC(=O)Cn1c2c(c3ccccc31)CCCC2. The third kappa shape index (κ3) is 3.13. The molecule has 2 aromatic heterocycles. The molecule has 1 aliphatic carbocycles. The Morgan fingerprint density at radius 2 is 2.11 bits per heavy atom. The van der Waals surface area contributed by atoms with Crippen LogP contribution in [0.5, 0.6) is 0 Å². The van der Waals surface area contributed by atoms with Gasteiger partial charge in [-0.3, -0.25) is 4.79 Å². The van der Waals surface area contributed by atoms with Crippen LogP contribution >= 0.6 is 0 Å². The Hall–Kier alpha value is -2.96. The van der Waals surface area contributed by atoms with Crippen LogP contribution in [0.4, 0.5) is 4.39 Å². The summed E-state index contributed by atoms with van der Waals surface area (Å²) in [5.41, 5.74) is 7.01. The predicted octanol–water partition coefficient (Wildman–Crippen LogP) is 2.85. The molecule has 0 spiro atoms. The molecule has 0 aliphatic heterocycles. The van der Waals surface area contributed by atoms with Crippen LogP contribution in [0.1, 0.15) is 35.4 Å². The highest BCUT2D eigenvalue weighted by Crippen LogP contribution is 2.31. The molecule has 1 amide bonds. The number of rotatable bonds is 4. The van der Waals surface area contributed by atoms with Crippen LogP contribution in [0.2, 0.25) is 0 Å². The third-order valence-corrected chi connectivity index (χ3v) is 5.17. The van der Waals surface area contributed by atoms with Crippen LogP contribution < -0.4 is 5.43 Å². The molecule has 140 valence electrons. The fraction of sp³-hybridized carbons (Fsp3) is 0.350. The van der Waals surface area contributed by atoms with Crippen molar-refractivity contribution in [2.24, 2.45) is 12.1 Å². The fourth-order valence-corrected chi connectivity index (χ4v) is 3.91. The Bertz CT molecular complexity index is 1050. The summed E-state index contributed by atoms with van der Waals surface area (Å²) < 4.78 is 17.1. The van der Waals surface area contributed by atoms with Gasteiger partial charge in [0.25, 0.3) is 5.91 Å². The van der Waals surface area contributed by atoms with Crippen molar-refractivity contribution in [2.45, 2.75) is 39.2 Å². The number of para-hydroxylation sites is 1. The second-order valence-corrected chi connectivity index (χ2v) is 6.94. The highest BCUT2D eigenvalue weighted by atomic mass is 19.1. The molecule has 0 saturated heterocycles.